The zero-order valence-electron chi connectivity index (χ0n) is 12.8. The third-order valence-electron chi connectivity index (χ3n) is 3.14. The van der Waals surface area contributed by atoms with Gasteiger partial charge in [0.1, 0.15) is 0 Å². The van der Waals surface area contributed by atoms with Crippen molar-refractivity contribution in [3.05, 3.63) is 46.2 Å². The molecule has 0 spiro atoms. The van der Waals surface area contributed by atoms with Crippen molar-refractivity contribution >= 4 is 35.0 Å². The average molecular weight is 336 g/mol. The molecule has 22 heavy (non-hydrogen) atoms. The maximum Gasteiger partial charge on any atom is 0.275 e. The molecule has 0 fully saturated rings. The van der Waals surface area contributed by atoms with Crippen LogP contribution in [0.15, 0.2) is 29.6 Å². The fraction of sp³-hybridized carbons (Fsp3) is 0.312. The number of rotatable bonds is 5. The van der Waals surface area contributed by atoms with Crippen molar-refractivity contribution in [2.75, 3.05) is 11.1 Å². The lowest BCUT2D eigenvalue weighted by Gasteiger charge is -2.09. The Hall–Kier alpha value is -1.59. The Morgan fingerprint density at radius 3 is 2.77 bits per heavy atom. The van der Waals surface area contributed by atoms with Gasteiger partial charge in [-0.15, -0.1) is 0 Å². The summed E-state index contributed by atoms with van der Waals surface area (Å²) in [6, 6.07) is 5.76. The average Bonchev–Trinajstić information content (AvgIpc) is 2.50. The molecule has 116 valence electrons. The molecule has 0 saturated carbocycles. The smallest absolute Gasteiger partial charge is 0.275 e. The molecule has 0 atom stereocenters. The van der Waals surface area contributed by atoms with Gasteiger partial charge in [-0.1, -0.05) is 36.4 Å². The summed E-state index contributed by atoms with van der Waals surface area (Å²) in [6.07, 6.45) is 2.49. The van der Waals surface area contributed by atoms with E-state index in [9.17, 15) is 4.79 Å². The van der Waals surface area contributed by atoms with E-state index < -0.39 is 0 Å². The number of aromatic nitrogens is 2. The first-order chi connectivity index (χ1) is 10.5. The Morgan fingerprint density at radius 2 is 2.09 bits per heavy atom. The predicted molar refractivity (Wildman–Crippen MR) is 91.9 cm³/mol. The van der Waals surface area contributed by atoms with E-state index in [1.807, 2.05) is 32.0 Å². The lowest BCUT2D eigenvalue weighted by atomic mass is 10.1. The van der Waals surface area contributed by atoms with Crippen LogP contribution in [-0.4, -0.2) is 21.6 Å². The minimum Gasteiger partial charge on any atom is -0.321 e. The number of nitrogens with zero attached hydrogens (tertiary/aromatic N) is 2. The van der Waals surface area contributed by atoms with Crippen LogP contribution in [-0.2, 0) is 0 Å². The number of carbonyl (C=O) groups is 1. The van der Waals surface area contributed by atoms with E-state index >= 15 is 0 Å². The number of benzene rings is 1. The van der Waals surface area contributed by atoms with Crippen LogP contribution in [0.5, 0.6) is 0 Å². The third-order valence-corrected chi connectivity index (χ3v) is 4.48. The van der Waals surface area contributed by atoms with Crippen LogP contribution in [0.1, 0.15) is 35.0 Å². The second-order valence-electron chi connectivity index (χ2n) is 4.95. The summed E-state index contributed by atoms with van der Waals surface area (Å²) < 4.78 is 0. The number of aryl methyl sites for hydroxylation is 2. The summed E-state index contributed by atoms with van der Waals surface area (Å²) >= 11 is 7.56. The van der Waals surface area contributed by atoms with Crippen molar-refractivity contribution in [3.63, 3.8) is 0 Å². The van der Waals surface area contributed by atoms with Gasteiger partial charge in [-0.05, 0) is 43.5 Å². The first-order valence-corrected chi connectivity index (χ1v) is 8.41. The van der Waals surface area contributed by atoms with Gasteiger partial charge in [0.15, 0.2) is 10.9 Å². The molecule has 0 aliphatic heterocycles. The van der Waals surface area contributed by atoms with Gasteiger partial charge in [0.25, 0.3) is 5.91 Å². The van der Waals surface area contributed by atoms with Gasteiger partial charge < -0.3 is 5.32 Å². The summed E-state index contributed by atoms with van der Waals surface area (Å²) in [5, 5.41) is 3.65. The summed E-state index contributed by atoms with van der Waals surface area (Å²) in [4.78, 5) is 20.7. The standard InChI is InChI=1S/C16H18ClN3OS/c1-4-7-22-16-18-9-13(17)14(20-16)15(21)19-12-6-5-10(2)11(3)8-12/h5-6,8-9H,4,7H2,1-3H3,(H,19,21). The molecule has 0 aliphatic rings. The van der Waals surface area contributed by atoms with Crippen molar-refractivity contribution in [2.45, 2.75) is 32.3 Å². The minimum atomic E-state index is -0.325. The van der Waals surface area contributed by atoms with Gasteiger partial charge in [0, 0.05) is 11.4 Å². The summed E-state index contributed by atoms with van der Waals surface area (Å²) in [7, 11) is 0. The van der Waals surface area contributed by atoms with Crippen molar-refractivity contribution in [1.29, 1.82) is 0 Å². The third kappa shape index (κ3) is 4.21. The zero-order valence-corrected chi connectivity index (χ0v) is 14.4. The van der Waals surface area contributed by atoms with Crippen LogP contribution in [0.4, 0.5) is 5.69 Å². The number of hydrogen-bond acceptors (Lipinski definition) is 4. The van der Waals surface area contributed by atoms with Crippen LogP contribution >= 0.6 is 23.4 Å². The Morgan fingerprint density at radius 1 is 1.32 bits per heavy atom. The largest absolute Gasteiger partial charge is 0.321 e. The molecule has 6 heteroatoms. The van der Waals surface area contributed by atoms with Gasteiger partial charge in [-0.3, -0.25) is 4.79 Å². The molecule has 0 radical (unpaired) electrons. The highest BCUT2D eigenvalue weighted by Crippen LogP contribution is 2.21. The summed E-state index contributed by atoms with van der Waals surface area (Å²) in [5.41, 5.74) is 3.22. The van der Waals surface area contributed by atoms with E-state index in [2.05, 4.69) is 22.2 Å². The fourth-order valence-corrected chi connectivity index (χ4v) is 2.63. The predicted octanol–water partition coefficient (Wildman–Crippen LogP) is 4.50. The Labute approximate surface area is 139 Å². The Balaban J connectivity index is 2.19. The number of carbonyl (C=O) groups excluding carboxylic acids is 1. The molecule has 2 rings (SSSR count). The van der Waals surface area contributed by atoms with E-state index in [1.165, 1.54) is 23.5 Å². The molecule has 0 unspecified atom stereocenters. The van der Waals surface area contributed by atoms with Crippen LogP contribution in [0, 0.1) is 13.8 Å². The quantitative estimate of drug-likeness (QED) is 0.645. The molecule has 0 aliphatic carbocycles. The first-order valence-electron chi connectivity index (χ1n) is 7.05. The maximum absolute atomic E-state index is 12.4. The number of anilines is 1. The minimum absolute atomic E-state index is 0.202. The SMILES string of the molecule is CCCSc1ncc(Cl)c(C(=O)Nc2ccc(C)c(C)c2)n1. The van der Waals surface area contributed by atoms with Crippen molar-refractivity contribution in [2.24, 2.45) is 0 Å². The highest BCUT2D eigenvalue weighted by Gasteiger charge is 2.15. The van der Waals surface area contributed by atoms with E-state index in [4.69, 9.17) is 11.6 Å². The van der Waals surface area contributed by atoms with Gasteiger partial charge in [-0.25, -0.2) is 9.97 Å². The topological polar surface area (TPSA) is 54.9 Å². The first kappa shape index (κ1) is 16.8. The number of nitrogens with one attached hydrogen (secondary N) is 1. The Bertz CT molecular complexity index is 691. The van der Waals surface area contributed by atoms with E-state index in [1.54, 1.807) is 0 Å². The number of thioether (sulfide) groups is 1. The number of hydrogen-bond donors (Lipinski definition) is 1. The van der Waals surface area contributed by atoms with Crippen LogP contribution in [0.3, 0.4) is 0 Å². The van der Waals surface area contributed by atoms with Gasteiger partial charge in [0.2, 0.25) is 0 Å². The zero-order chi connectivity index (χ0) is 16.1. The van der Waals surface area contributed by atoms with Crippen molar-refractivity contribution < 1.29 is 4.79 Å². The van der Waals surface area contributed by atoms with Gasteiger partial charge in [-0.2, -0.15) is 0 Å². The molecular weight excluding hydrogens is 318 g/mol. The van der Waals surface area contributed by atoms with E-state index in [0.717, 1.165) is 23.4 Å². The summed E-state index contributed by atoms with van der Waals surface area (Å²) in [5.74, 6) is 0.578. The van der Waals surface area contributed by atoms with Gasteiger partial charge >= 0.3 is 0 Å². The number of halogens is 1. The second-order valence-corrected chi connectivity index (χ2v) is 6.42. The van der Waals surface area contributed by atoms with Crippen LogP contribution < -0.4 is 5.32 Å². The second kappa shape index (κ2) is 7.61. The molecule has 4 nitrogen and oxygen atoms in total. The Kier molecular flexibility index (Phi) is 5.80. The fourth-order valence-electron chi connectivity index (χ4n) is 1.78. The van der Waals surface area contributed by atoms with Crippen LogP contribution in [0.25, 0.3) is 0 Å². The van der Waals surface area contributed by atoms with E-state index in [0.29, 0.717) is 5.16 Å². The number of amides is 1. The molecule has 1 aromatic heterocycles. The molecule has 1 amide bonds. The van der Waals surface area contributed by atoms with Crippen molar-refractivity contribution in [1.82, 2.24) is 9.97 Å². The van der Waals surface area contributed by atoms with Crippen LogP contribution in [0.2, 0.25) is 5.02 Å². The van der Waals surface area contributed by atoms with Gasteiger partial charge in [0.05, 0.1) is 11.2 Å². The molecule has 2 aromatic rings. The molecule has 0 bridgehead atoms. The lowest BCUT2D eigenvalue weighted by Crippen LogP contribution is -2.15. The molecule has 0 saturated heterocycles. The molecular formula is C16H18ClN3OS. The maximum atomic E-state index is 12.4. The highest BCUT2D eigenvalue weighted by molar-refractivity contribution is 7.99. The molecule has 1 aromatic carbocycles. The van der Waals surface area contributed by atoms with E-state index in [-0.39, 0.29) is 16.6 Å². The monoisotopic (exact) mass is 335 g/mol. The normalized spacial score (nSPS) is 10.5. The highest BCUT2D eigenvalue weighted by atomic mass is 35.5. The molecule has 1 N–H and O–H groups in total. The summed E-state index contributed by atoms with van der Waals surface area (Å²) in [6.45, 7) is 6.11. The molecule has 1 heterocycles. The lowest BCUT2D eigenvalue weighted by molar-refractivity contribution is 0.102. The van der Waals surface area contributed by atoms with Crippen molar-refractivity contribution in [3.8, 4) is 0 Å².